The highest BCUT2D eigenvalue weighted by molar-refractivity contribution is 5.93. The smallest absolute Gasteiger partial charge is 0.321 e. The van der Waals surface area contributed by atoms with Gasteiger partial charge in [0.1, 0.15) is 23.1 Å². The molecule has 2 aliphatic rings. The van der Waals surface area contributed by atoms with Gasteiger partial charge in [0.25, 0.3) is 0 Å². The Balaban J connectivity index is 1.43. The highest BCUT2D eigenvalue weighted by atomic mass is 19.1. The zero-order valence-corrected chi connectivity index (χ0v) is 17.3. The van der Waals surface area contributed by atoms with E-state index in [1.54, 1.807) is 21.8 Å². The molecule has 5 rings (SSSR count). The van der Waals surface area contributed by atoms with E-state index >= 15 is 0 Å². The van der Waals surface area contributed by atoms with Crippen LogP contribution in [0.5, 0.6) is 0 Å². The van der Waals surface area contributed by atoms with E-state index in [1.807, 2.05) is 11.0 Å². The summed E-state index contributed by atoms with van der Waals surface area (Å²) in [5, 5.41) is 7.19. The molecule has 4 heterocycles. The summed E-state index contributed by atoms with van der Waals surface area (Å²) in [5.41, 5.74) is 1.38. The average Bonchev–Trinajstić information content (AvgIpc) is 3.49. The van der Waals surface area contributed by atoms with Gasteiger partial charge in [-0.05, 0) is 49.4 Å². The fourth-order valence-corrected chi connectivity index (χ4v) is 4.56. The van der Waals surface area contributed by atoms with Crippen molar-refractivity contribution in [3.05, 3.63) is 53.9 Å². The minimum Gasteiger partial charge on any atom is -0.349 e. The predicted octanol–water partition coefficient (Wildman–Crippen LogP) is 4.22. The van der Waals surface area contributed by atoms with Crippen molar-refractivity contribution in [2.24, 2.45) is 5.92 Å². The monoisotopic (exact) mass is 426 g/mol. The number of carbonyl (C=O) groups excluding carboxylic acids is 1. The van der Waals surface area contributed by atoms with E-state index in [0.717, 1.165) is 32.0 Å². The Morgan fingerprint density at radius 2 is 2.06 bits per heavy atom. The largest absolute Gasteiger partial charge is 0.349 e. The van der Waals surface area contributed by atoms with E-state index in [4.69, 9.17) is 4.98 Å². The van der Waals surface area contributed by atoms with E-state index in [-0.39, 0.29) is 12.1 Å². The van der Waals surface area contributed by atoms with Crippen LogP contribution in [0.4, 0.5) is 25.1 Å². The minimum atomic E-state index is -0.455. The number of anilines is 2. The number of urea groups is 1. The Labute approximate surface area is 178 Å². The molecule has 2 aromatic heterocycles. The molecule has 0 spiro atoms. The first-order chi connectivity index (χ1) is 15.0. The predicted molar refractivity (Wildman–Crippen MR) is 113 cm³/mol. The molecule has 162 valence electrons. The van der Waals surface area contributed by atoms with Crippen LogP contribution in [-0.4, -0.2) is 45.2 Å². The second-order valence-corrected chi connectivity index (χ2v) is 8.40. The molecule has 2 saturated heterocycles. The summed E-state index contributed by atoms with van der Waals surface area (Å²) >= 11 is 0. The fraction of sp³-hybridized carbons (Fsp3) is 0.409. The number of rotatable bonds is 3. The number of aromatic nitrogens is 3. The van der Waals surface area contributed by atoms with Crippen molar-refractivity contribution in [3.8, 4) is 0 Å². The van der Waals surface area contributed by atoms with Crippen molar-refractivity contribution in [2.45, 2.75) is 32.2 Å². The third-order valence-electron chi connectivity index (χ3n) is 6.17. The normalized spacial score (nSPS) is 21.3. The first kappa shape index (κ1) is 19.7. The molecular weight excluding hydrogens is 402 g/mol. The Morgan fingerprint density at radius 3 is 2.87 bits per heavy atom. The first-order valence-electron chi connectivity index (χ1n) is 10.6. The molecule has 7 nitrogen and oxygen atoms in total. The van der Waals surface area contributed by atoms with Crippen LogP contribution in [0.2, 0.25) is 0 Å². The zero-order valence-electron chi connectivity index (χ0n) is 17.3. The van der Waals surface area contributed by atoms with Crippen LogP contribution in [0.25, 0.3) is 5.65 Å². The number of likely N-dealkylation sites (tertiary alicyclic amines) is 1. The van der Waals surface area contributed by atoms with E-state index in [9.17, 15) is 13.6 Å². The lowest BCUT2D eigenvalue weighted by atomic mass is 10.0. The molecule has 0 aliphatic carbocycles. The van der Waals surface area contributed by atoms with Gasteiger partial charge in [0, 0.05) is 31.4 Å². The molecule has 2 amide bonds. The maximum Gasteiger partial charge on any atom is 0.321 e. The molecule has 0 radical (unpaired) electrons. The first-order valence-corrected chi connectivity index (χ1v) is 10.6. The molecule has 2 aliphatic heterocycles. The molecule has 2 atom stereocenters. The van der Waals surface area contributed by atoms with Crippen molar-refractivity contribution in [3.63, 3.8) is 0 Å². The maximum absolute atomic E-state index is 14.4. The van der Waals surface area contributed by atoms with Gasteiger partial charge in [0.15, 0.2) is 5.65 Å². The SMILES string of the molecule is C[C@@H]1CCN(C(=O)Nc2cnn3ccc(N4CCC[C@@H]4c4cc(F)ccc4F)nc23)C1. The average molecular weight is 426 g/mol. The number of carbonyl (C=O) groups is 1. The zero-order chi connectivity index (χ0) is 21.5. The number of amides is 2. The van der Waals surface area contributed by atoms with Crippen LogP contribution in [0, 0.1) is 17.6 Å². The van der Waals surface area contributed by atoms with E-state index in [0.29, 0.717) is 41.6 Å². The van der Waals surface area contributed by atoms with Crippen molar-refractivity contribution in [1.82, 2.24) is 19.5 Å². The van der Waals surface area contributed by atoms with Gasteiger partial charge >= 0.3 is 6.03 Å². The van der Waals surface area contributed by atoms with Gasteiger partial charge in [-0.15, -0.1) is 0 Å². The number of halogens is 2. The number of hydrogen-bond acceptors (Lipinski definition) is 4. The second-order valence-electron chi connectivity index (χ2n) is 8.40. The summed E-state index contributed by atoms with van der Waals surface area (Å²) < 4.78 is 29.8. The summed E-state index contributed by atoms with van der Waals surface area (Å²) in [6, 6.07) is 4.92. The van der Waals surface area contributed by atoms with E-state index in [1.165, 1.54) is 12.1 Å². The van der Waals surface area contributed by atoms with Gasteiger partial charge in [-0.2, -0.15) is 5.10 Å². The number of hydrogen-bond donors (Lipinski definition) is 1. The van der Waals surface area contributed by atoms with Crippen molar-refractivity contribution < 1.29 is 13.6 Å². The molecule has 1 N–H and O–H groups in total. The molecule has 9 heteroatoms. The van der Waals surface area contributed by atoms with Gasteiger partial charge in [0.05, 0.1) is 12.2 Å². The molecule has 2 fully saturated rings. The van der Waals surface area contributed by atoms with Gasteiger partial charge in [0.2, 0.25) is 0 Å². The Bertz CT molecular complexity index is 1130. The topological polar surface area (TPSA) is 65.8 Å². The minimum absolute atomic E-state index is 0.160. The summed E-state index contributed by atoms with van der Waals surface area (Å²) in [5.74, 6) is 0.263. The van der Waals surface area contributed by atoms with Crippen LogP contribution in [0.1, 0.15) is 37.8 Å². The van der Waals surface area contributed by atoms with Gasteiger partial charge in [-0.3, -0.25) is 0 Å². The molecule has 31 heavy (non-hydrogen) atoms. The number of nitrogens with zero attached hydrogens (tertiary/aromatic N) is 5. The summed E-state index contributed by atoms with van der Waals surface area (Å²) in [6.45, 7) is 4.29. The van der Waals surface area contributed by atoms with Crippen molar-refractivity contribution in [1.29, 1.82) is 0 Å². The molecule has 0 saturated carbocycles. The van der Waals surface area contributed by atoms with Crippen LogP contribution in [0.15, 0.2) is 36.7 Å². The summed E-state index contributed by atoms with van der Waals surface area (Å²) in [7, 11) is 0. The van der Waals surface area contributed by atoms with E-state index in [2.05, 4.69) is 17.3 Å². The van der Waals surface area contributed by atoms with Crippen molar-refractivity contribution in [2.75, 3.05) is 29.9 Å². The maximum atomic E-state index is 14.4. The quantitative estimate of drug-likeness (QED) is 0.681. The third kappa shape index (κ3) is 3.68. The standard InChI is InChI=1S/C22H24F2N6O/c1-14-6-9-28(13-14)22(31)26-18-12-25-30-10-7-20(27-21(18)30)29-8-2-3-19(29)16-11-15(23)4-5-17(16)24/h4-5,7,10-12,14,19H,2-3,6,8-9,13H2,1H3,(H,26,31)/t14-,19-/m1/s1. The Hall–Kier alpha value is -3.23. The van der Waals surface area contributed by atoms with Gasteiger partial charge in [-0.25, -0.2) is 23.1 Å². The number of nitrogens with one attached hydrogen (secondary N) is 1. The molecular formula is C22H24F2N6O. The van der Waals surface area contributed by atoms with E-state index < -0.39 is 11.6 Å². The lowest BCUT2D eigenvalue weighted by molar-refractivity contribution is 0.221. The molecule has 3 aromatic rings. The summed E-state index contributed by atoms with van der Waals surface area (Å²) in [6.07, 6.45) is 5.91. The van der Waals surface area contributed by atoms with Crippen molar-refractivity contribution >= 4 is 23.2 Å². The van der Waals surface area contributed by atoms with Crippen LogP contribution in [-0.2, 0) is 0 Å². The Kier molecular flexibility index (Phi) is 4.95. The van der Waals surface area contributed by atoms with Gasteiger partial charge < -0.3 is 15.1 Å². The van der Waals surface area contributed by atoms with Gasteiger partial charge in [-0.1, -0.05) is 6.92 Å². The second kappa shape index (κ2) is 7.79. The lowest BCUT2D eigenvalue weighted by Gasteiger charge is -2.26. The molecule has 0 bridgehead atoms. The van der Waals surface area contributed by atoms with Crippen LogP contribution >= 0.6 is 0 Å². The summed E-state index contributed by atoms with van der Waals surface area (Å²) in [4.78, 5) is 21.1. The third-order valence-corrected chi connectivity index (χ3v) is 6.17. The lowest BCUT2D eigenvalue weighted by Crippen LogP contribution is -2.32. The molecule has 0 unspecified atom stereocenters. The number of fused-ring (bicyclic) bond motifs is 1. The Morgan fingerprint density at radius 1 is 1.19 bits per heavy atom. The molecule has 1 aromatic carbocycles. The highest BCUT2D eigenvalue weighted by Crippen LogP contribution is 2.37. The number of benzene rings is 1. The van der Waals surface area contributed by atoms with Crippen LogP contribution in [0.3, 0.4) is 0 Å². The highest BCUT2D eigenvalue weighted by Gasteiger charge is 2.30. The fourth-order valence-electron chi connectivity index (χ4n) is 4.56. The van der Waals surface area contributed by atoms with Crippen LogP contribution < -0.4 is 10.2 Å².